The zero-order valence-electron chi connectivity index (χ0n) is 15.0. The number of para-hydroxylation sites is 1. The Morgan fingerprint density at radius 3 is 2.33 bits per heavy atom. The third kappa shape index (κ3) is 5.10. The maximum Gasteiger partial charge on any atom is 0.236 e. The Morgan fingerprint density at radius 1 is 1.00 bits per heavy atom. The van der Waals surface area contributed by atoms with Gasteiger partial charge < -0.3 is 9.64 Å². The molecular weight excluding hydrogens is 300 g/mol. The van der Waals surface area contributed by atoms with E-state index >= 15 is 0 Å². The van der Waals surface area contributed by atoms with Crippen LogP contribution in [-0.2, 0) is 17.9 Å². The molecule has 0 aromatic heterocycles. The van der Waals surface area contributed by atoms with E-state index in [0.717, 1.165) is 17.9 Å². The Hall–Kier alpha value is -2.33. The summed E-state index contributed by atoms with van der Waals surface area (Å²) in [5.74, 6) is 0.903. The average Bonchev–Trinajstić information content (AvgIpc) is 2.57. The van der Waals surface area contributed by atoms with Gasteiger partial charge in [0.15, 0.2) is 0 Å². The molecule has 24 heavy (non-hydrogen) atoms. The first-order valence-electron chi connectivity index (χ1n) is 8.09. The van der Waals surface area contributed by atoms with Crippen LogP contribution in [0.1, 0.15) is 16.7 Å². The van der Waals surface area contributed by atoms with E-state index in [-0.39, 0.29) is 5.91 Å². The monoisotopic (exact) mass is 326 g/mol. The van der Waals surface area contributed by atoms with Crippen molar-refractivity contribution < 1.29 is 9.53 Å². The van der Waals surface area contributed by atoms with Gasteiger partial charge in [0.1, 0.15) is 5.75 Å². The number of carbonyl (C=O) groups excluding carboxylic acids is 1. The average molecular weight is 326 g/mol. The number of hydrogen-bond acceptors (Lipinski definition) is 3. The lowest BCUT2D eigenvalue weighted by atomic mass is 10.1. The van der Waals surface area contributed by atoms with Gasteiger partial charge in [0.25, 0.3) is 0 Å². The molecule has 0 bridgehead atoms. The molecule has 2 aromatic rings. The van der Waals surface area contributed by atoms with Crippen LogP contribution >= 0.6 is 0 Å². The van der Waals surface area contributed by atoms with Gasteiger partial charge in [-0.05, 0) is 25.6 Å². The number of ether oxygens (including phenoxy) is 1. The standard InChI is InChI=1S/C20H26N2O2/c1-16-9-11-17(12-10-16)13-21(2)15-20(23)22(3)14-18-7-5-6-8-19(18)24-4/h5-12H,13-15H2,1-4H3. The molecule has 0 saturated heterocycles. The van der Waals surface area contributed by atoms with Crippen molar-refractivity contribution in [1.29, 1.82) is 0 Å². The second kappa shape index (κ2) is 8.50. The van der Waals surface area contributed by atoms with Crippen molar-refractivity contribution >= 4 is 5.91 Å². The summed E-state index contributed by atoms with van der Waals surface area (Å²) in [7, 11) is 5.44. The second-order valence-corrected chi connectivity index (χ2v) is 6.22. The van der Waals surface area contributed by atoms with Crippen molar-refractivity contribution in [3.63, 3.8) is 0 Å². The number of benzene rings is 2. The summed E-state index contributed by atoms with van der Waals surface area (Å²) in [5.41, 5.74) is 3.47. The third-order valence-corrected chi connectivity index (χ3v) is 4.00. The highest BCUT2D eigenvalue weighted by Gasteiger charge is 2.14. The van der Waals surface area contributed by atoms with Crippen molar-refractivity contribution in [1.82, 2.24) is 9.80 Å². The fourth-order valence-electron chi connectivity index (χ4n) is 2.59. The number of likely N-dealkylation sites (N-methyl/N-ethyl adjacent to an activating group) is 2. The van der Waals surface area contributed by atoms with Crippen LogP contribution in [0.25, 0.3) is 0 Å². The van der Waals surface area contributed by atoms with Crippen LogP contribution in [0.5, 0.6) is 5.75 Å². The third-order valence-electron chi connectivity index (χ3n) is 4.00. The molecule has 2 rings (SSSR count). The summed E-state index contributed by atoms with van der Waals surface area (Å²) in [4.78, 5) is 16.2. The van der Waals surface area contributed by atoms with E-state index in [1.54, 1.807) is 12.0 Å². The Labute approximate surface area is 144 Å². The minimum atomic E-state index is 0.0931. The molecule has 0 saturated carbocycles. The lowest BCUT2D eigenvalue weighted by Crippen LogP contribution is -2.36. The fourth-order valence-corrected chi connectivity index (χ4v) is 2.59. The smallest absolute Gasteiger partial charge is 0.236 e. The molecule has 4 heteroatoms. The van der Waals surface area contributed by atoms with Gasteiger partial charge in [0, 0.05) is 25.7 Å². The van der Waals surface area contributed by atoms with Gasteiger partial charge in [0.2, 0.25) is 5.91 Å². The van der Waals surface area contributed by atoms with Crippen LogP contribution in [-0.4, -0.2) is 43.5 Å². The van der Waals surface area contributed by atoms with Crippen molar-refractivity contribution in [2.24, 2.45) is 0 Å². The van der Waals surface area contributed by atoms with E-state index in [0.29, 0.717) is 13.1 Å². The van der Waals surface area contributed by atoms with Gasteiger partial charge >= 0.3 is 0 Å². The number of amides is 1. The van der Waals surface area contributed by atoms with Crippen molar-refractivity contribution in [3.8, 4) is 5.75 Å². The van der Waals surface area contributed by atoms with Crippen LogP contribution in [0.2, 0.25) is 0 Å². The molecule has 0 aliphatic carbocycles. The molecular formula is C20H26N2O2. The SMILES string of the molecule is COc1ccccc1CN(C)C(=O)CN(C)Cc1ccc(C)cc1. The predicted molar refractivity (Wildman–Crippen MR) is 97.0 cm³/mol. The van der Waals surface area contributed by atoms with E-state index in [1.807, 2.05) is 43.3 Å². The number of rotatable bonds is 7. The van der Waals surface area contributed by atoms with Crippen LogP contribution in [0.15, 0.2) is 48.5 Å². The zero-order chi connectivity index (χ0) is 17.5. The zero-order valence-corrected chi connectivity index (χ0v) is 15.0. The van der Waals surface area contributed by atoms with Gasteiger partial charge in [0.05, 0.1) is 13.7 Å². The summed E-state index contributed by atoms with van der Waals surface area (Å²) in [6.45, 7) is 3.76. The number of nitrogens with zero attached hydrogens (tertiary/aromatic N) is 2. The van der Waals surface area contributed by atoms with Crippen molar-refractivity contribution in [2.45, 2.75) is 20.0 Å². The molecule has 4 nitrogen and oxygen atoms in total. The normalized spacial score (nSPS) is 10.7. The molecule has 2 aromatic carbocycles. The van der Waals surface area contributed by atoms with Gasteiger partial charge in [-0.3, -0.25) is 9.69 Å². The van der Waals surface area contributed by atoms with Gasteiger partial charge in [-0.1, -0.05) is 48.0 Å². The first-order chi connectivity index (χ1) is 11.5. The molecule has 0 unspecified atom stereocenters. The molecule has 0 atom stereocenters. The number of hydrogen-bond donors (Lipinski definition) is 0. The van der Waals surface area contributed by atoms with Crippen LogP contribution in [0.4, 0.5) is 0 Å². The summed E-state index contributed by atoms with van der Waals surface area (Å²) in [6, 6.07) is 16.2. The summed E-state index contributed by atoms with van der Waals surface area (Å²) < 4.78 is 5.35. The molecule has 0 N–H and O–H groups in total. The summed E-state index contributed by atoms with van der Waals surface area (Å²) in [6.07, 6.45) is 0. The molecule has 1 amide bonds. The van der Waals surface area contributed by atoms with E-state index < -0.39 is 0 Å². The molecule has 0 radical (unpaired) electrons. The quantitative estimate of drug-likeness (QED) is 0.784. The minimum Gasteiger partial charge on any atom is -0.496 e. The first-order valence-corrected chi connectivity index (χ1v) is 8.09. The van der Waals surface area contributed by atoms with E-state index in [2.05, 4.69) is 31.2 Å². The van der Waals surface area contributed by atoms with Gasteiger partial charge in [-0.15, -0.1) is 0 Å². The van der Waals surface area contributed by atoms with Gasteiger partial charge in [-0.25, -0.2) is 0 Å². The summed E-state index contributed by atoms with van der Waals surface area (Å²) >= 11 is 0. The van der Waals surface area contributed by atoms with Crippen LogP contribution < -0.4 is 4.74 Å². The highest BCUT2D eigenvalue weighted by molar-refractivity contribution is 5.78. The van der Waals surface area contributed by atoms with E-state index in [4.69, 9.17) is 4.74 Å². The molecule has 0 aliphatic heterocycles. The van der Waals surface area contributed by atoms with Crippen molar-refractivity contribution in [2.75, 3.05) is 27.7 Å². The number of aryl methyl sites for hydroxylation is 1. The lowest BCUT2D eigenvalue weighted by Gasteiger charge is -2.22. The Kier molecular flexibility index (Phi) is 6.38. The van der Waals surface area contributed by atoms with E-state index in [9.17, 15) is 4.79 Å². The Balaban J connectivity index is 1.89. The van der Waals surface area contributed by atoms with E-state index in [1.165, 1.54) is 11.1 Å². The minimum absolute atomic E-state index is 0.0931. The Bertz CT molecular complexity index is 668. The maximum absolute atomic E-state index is 12.4. The largest absolute Gasteiger partial charge is 0.496 e. The molecule has 128 valence electrons. The molecule has 0 aliphatic rings. The topological polar surface area (TPSA) is 32.8 Å². The van der Waals surface area contributed by atoms with Crippen LogP contribution in [0.3, 0.4) is 0 Å². The molecule has 0 fully saturated rings. The highest BCUT2D eigenvalue weighted by Crippen LogP contribution is 2.18. The fraction of sp³-hybridized carbons (Fsp3) is 0.350. The number of methoxy groups -OCH3 is 1. The lowest BCUT2D eigenvalue weighted by molar-refractivity contribution is -0.131. The maximum atomic E-state index is 12.4. The second-order valence-electron chi connectivity index (χ2n) is 6.22. The molecule has 0 heterocycles. The Morgan fingerprint density at radius 2 is 1.67 bits per heavy atom. The van der Waals surface area contributed by atoms with Crippen molar-refractivity contribution in [3.05, 3.63) is 65.2 Å². The molecule has 0 spiro atoms. The van der Waals surface area contributed by atoms with Crippen LogP contribution in [0, 0.1) is 6.92 Å². The number of carbonyl (C=O) groups is 1. The predicted octanol–water partition coefficient (Wildman–Crippen LogP) is 3.09. The first kappa shape index (κ1) is 18.0. The van der Waals surface area contributed by atoms with Gasteiger partial charge in [-0.2, -0.15) is 0 Å². The highest BCUT2D eigenvalue weighted by atomic mass is 16.5. The summed E-state index contributed by atoms with van der Waals surface area (Å²) in [5, 5.41) is 0.